The normalized spacial score (nSPS) is 11.7. The minimum atomic E-state index is -3.52. The molecule has 0 N–H and O–H groups in total. The molecule has 2 aromatic carbocycles. The molecule has 0 saturated heterocycles. The van der Waals surface area contributed by atoms with Gasteiger partial charge in [0.25, 0.3) is 0 Å². The van der Waals surface area contributed by atoms with Gasteiger partial charge in [-0.15, -0.1) is 0 Å². The summed E-state index contributed by atoms with van der Waals surface area (Å²) in [5.74, 6) is 0.768. The van der Waals surface area contributed by atoms with Crippen molar-refractivity contribution in [3.63, 3.8) is 0 Å². The summed E-state index contributed by atoms with van der Waals surface area (Å²) in [4.78, 5) is 4.68. The number of ether oxygens (including phenoxy) is 1. The fourth-order valence-corrected chi connectivity index (χ4v) is 4.53. The van der Waals surface area contributed by atoms with E-state index in [4.69, 9.17) is 13.8 Å². The number of benzene rings is 2. The topological polar surface area (TPSA) is 57.7 Å². The van der Waals surface area contributed by atoms with E-state index >= 15 is 0 Å². The van der Waals surface area contributed by atoms with Crippen LogP contribution in [0.1, 0.15) is 13.8 Å². The average Bonchev–Trinajstić information content (AvgIpc) is 2.67. The molecule has 1 aromatic heterocycles. The molecule has 0 atom stereocenters. The quantitative estimate of drug-likeness (QED) is 0.558. The second kappa shape index (κ2) is 8.00. The maximum atomic E-state index is 13.4. The van der Waals surface area contributed by atoms with Gasteiger partial charge in [0.2, 0.25) is 0 Å². The predicted molar refractivity (Wildman–Crippen MR) is 104 cm³/mol. The van der Waals surface area contributed by atoms with Crippen LogP contribution in [0, 0.1) is 0 Å². The van der Waals surface area contributed by atoms with Crippen LogP contribution in [0.15, 0.2) is 54.6 Å². The number of rotatable bonds is 7. The number of fused-ring (bicyclic) bond motifs is 1. The molecular weight excluding hydrogens is 349 g/mol. The maximum Gasteiger partial charge on any atom is 0.380 e. The molecule has 0 fully saturated rings. The van der Waals surface area contributed by atoms with Gasteiger partial charge in [0.05, 0.1) is 26.0 Å². The molecule has 0 aliphatic carbocycles. The van der Waals surface area contributed by atoms with E-state index in [0.717, 1.165) is 22.1 Å². The van der Waals surface area contributed by atoms with Crippen molar-refractivity contribution in [2.75, 3.05) is 20.3 Å². The molecule has 0 aliphatic rings. The van der Waals surface area contributed by atoms with E-state index in [1.165, 1.54) is 0 Å². The molecule has 0 unspecified atom stereocenters. The van der Waals surface area contributed by atoms with Gasteiger partial charge in [0.1, 0.15) is 5.75 Å². The van der Waals surface area contributed by atoms with E-state index in [2.05, 4.69) is 4.98 Å². The first-order valence-electron chi connectivity index (χ1n) is 8.55. The molecule has 136 valence electrons. The molecule has 0 bridgehead atoms. The average molecular weight is 371 g/mol. The van der Waals surface area contributed by atoms with Gasteiger partial charge in [0.15, 0.2) is 5.44 Å². The van der Waals surface area contributed by atoms with Crippen molar-refractivity contribution in [1.29, 1.82) is 0 Å². The summed E-state index contributed by atoms with van der Waals surface area (Å²) in [6.07, 6.45) is 0. The van der Waals surface area contributed by atoms with Crippen LogP contribution in [0.25, 0.3) is 22.0 Å². The molecule has 3 rings (SSSR count). The van der Waals surface area contributed by atoms with Gasteiger partial charge < -0.3 is 13.8 Å². The van der Waals surface area contributed by atoms with E-state index in [1.54, 1.807) is 21.0 Å². The second-order valence-corrected chi connectivity index (χ2v) is 7.55. The fourth-order valence-electron chi connectivity index (χ4n) is 2.80. The van der Waals surface area contributed by atoms with E-state index in [-0.39, 0.29) is 13.2 Å². The molecule has 0 aliphatic heterocycles. The molecule has 0 amide bonds. The standard InChI is InChI=1S/C20H22NO4P/c1-4-24-26(22,25-5-2)20-18-9-7-6-8-16(18)14-19(21-20)15-10-12-17(23-3)13-11-15/h6-14H,4-5H2,1-3H3. The zero-order valence-electron chi connectivity index (χ0n) is 15.1. The molecule has 0 saturated carbocycles. The third-order valence-corrected chi connectivity index (χ3v) is 6.02. The summed E-state index contributed by atoms with van der Waals surface area (Å²) in [7, 11) is -1.89. The first-order valence-corrected chi connectivity index (χ1v) is 10.1. The van der Waals surface area contributed by atoms with Gasteiger partial charge in [-0.2, -0.15) is 0 Å². The minimum absolute atomic E-state index is 0.278. The molecule has 0 spiro atoms. The number of aromatic nitrogens is 1. The first-order chi connectivity index (χ1) is 12.6. The Balaban J connectivity index is 2.22. The van der Waals surface area contributed by atoms with E-state index in [9.17, 15) is 4.57 Å². The third kappa shape index (κ3) is 3.65. The Hall–Kier alpha value is -2.20. The van der Waals surface area contributed by atoms with Crippen molar-refractivity contribution in [3.05, 3.63) is 54.6 Å². The Bertz CT molecular complexity index is 930. The lowest BCUT2D eigenvalue weighted by Gasteiger charge is -2.19. The van der Waals surface area contributed by atoms with Crippen molar-refractivity contribution in [2.45, 2.75) is 13.8 Å². The van der Waals surface area contributed by atoms with Gasteiger partial charge in [-0.05, 0) is 49.6 Å². The summed E-state index contributed by atoms with van der Waals surface area (Å²) in [5, 5.41) is 1.71. The highest BCUT2D eigenvalue weighted by Crippen LogP contribution is 2.48. The highest BCUT2D eigenvalue weighted by Gasteiger charge is 2.31. The molecule has 3 aromatic rings. The van der Waals surface area contributed by atoms with Gasteiger partial charge in [-0.1, -0.05) is 24.3 Å². The SMILES string of the molecule is CCOP(=O)(OCC)c1nc(-c2ccc(OC)cc2)cc2ccccc12. The monoisotopic (exact) mass is 371 g/mol. The van der Waals surface area contributed by atoms with Crippen LogP contribution < -0.4 is 10.2 Å². The smallest absolute Gasteiger partial charge is 0.380 e. The molecule has 0 radical (unpaired) electrons. The maximum absolute atomic E-state index is 13.4. The number of pyridine rings is 1. The molecular formula is C20H22NO4P. The summed E-state index contributed by atoms with van der Waals surface area (Å²) in [6.45, 7) is 4.14. The second-order valence-electron chi connectivity index (χ2n) is 5.61. The van der Waals surface area contributed by atoms with Gasteiger partial charge in [-0.25, -0.2) is 4.98 Å². The summed E-state index contributed by atoms with van der Waals surface area (Å²) >= 11 is 0. The van der Waals surface area contributed by atoms with E-state index in [1.807, 2.05) is 54.6 Å². The lowest BCUT2D eigenvalue weighted by Crippen LogP contribution is -2.16. The van der Waals surface area contributed by atoms with Gasteiger partial charge >= 0.3 is 7.60 Å². The lowest BCUT2D eigenvalue weighted by atomic mass is 10.1. The molecule has 26 heavy (non-hydrogen) atoms. The summed E-state index contributed by atoms with van der Waals surface area (Å²) < 4.78 is 29.7. The van der Waals surface area contributed by atoms with Crippen LogP contribution >= 0.6 is 7.60 Å². The Morgan fingerprint density at radius 1 is 0.962 bits per heavy atom. The number of nitrogens with zero attached hydrogens (tertiary/aromatic N) is 1. The van der Waals surface area contributed by atoms with Crippen LogP contribution in [0.3, 0.4) is 0 Å². The largest absolute Gasteiger partial charge is 0.497 e. The Morgan fingerprint density at radius 3 is 2.23 bits per heavy atom. The Kier molecular flexibility index (Phi) is 5.72. The Labute approximate surface area is 153 Å². The summed E-state index contributed by atoms with van der Waals surface area (Å²) in [5.41, 5.74) is 1.96. The van der Waals surface area contributed by atoms with Crippen LogP contribution in [0.5, 0.6) is 5.75 Å². The highest BCUT2D eigenvalue weighted by molar-refractivity contribution is 7.62. The van der Waals surface area contributed by atoms with E-state index in [0.29, 0.717) is 11.1 Å². The van der Waals surface area contributed by atoms with Crippen LogP contribution in [0.2, 0.25) is 0 Å². The van der Waals surface area contributed by atoms with Crippen LogP contribution in [-0.4, -0.2) is 25.3 Å². The number of methoxy groups -OCH3 is 1. The van der Waals surface area contributed by atoms with Crippen molar-refractivity contribution >= 4 is 23.8 Å². The van der Waals surface area contributed by atoms with Crippen molar-refractivity contribution < 1.29 is 18.3 Å². The number of hydrogen-bond acceptors (Lipinski definition) is 5. The van der Waals surface area contributed by atoms with E-state index < -0.39 is 7.60 Å². The minimum Gasteiger partial charge on any atom is -0.497 e. The van der Waals surface area contributed by atoms with Crippen molar-refractivity contribution in [3.8, 4) is 17.0 Å². The van der Waals surface area contributed by atoms with Crippen molar-refractivity contribution in [1.82, 2.24) is 4.98 Å². The zero-order valence-corrected chi connectivity index (χ0v) is 16.0. The number of hydrogen-bond donors (Lipinski definition) is 0. The molecule has 1 heterocycles. The predicted octanol–water partition coefficient (Wildman–Crippen LogP) is 4.80. The Morgan fingerprint density at radius 2 is 1.62 bits per heavy atom. The van der Waals surface area contributed by atoms with Crippen molar-refractivity contribution in [2.24, 2.45) is 0 Å². The third-order valence-electron chi connectivity index (χ3n) is 3.96. The molecule has 6 heteroatoms. The highest BCUT2D eigenvalue weighted by atomic mass is 31.2. The first kappa shape index (κ1) is 18.6. The van der Waals surface area contributed by atoms with Crippen LogP contribution in [-0.2, 0) is 13.6 Å². The summed E-state index contributed by atoms with van der Waals surface area (Å²) in [6, 6.07) is 17.3. The molecule has 5 nitrogen and oxygen atoms in total. The zero-order chi connectivity index (χ0) is 18.6. The lowest BCUT2D eigenvalue weighted by molar-refractivity contribution is 0.229. The van der Waals surface area contributed by atoms with Crippen LogP contribution in [0.4, 0.5) is 0 Å². The van der Waals surface area contributed by atoms with Gasteiger partial charge in [-0.3, -0.25) is 4.57 Å². The fraction of sp³-hybridized carbons (Fsp3) is 0.250. The van der Waals surface area contributed by atoms with Gasteiger partial charge in [0, 0.05) is 10.9 Å².